The lowest BCUT2D eigenvalue weighted by atomic mass is 10.00. The number of hydrogen-bond acceptors (Lipinski definition) is 3. The summed E-state index contributed by atoms with van der Waals surface area (Å²) in [6.45, 7) is 1.08. The van der Waals surface area contributed by atoms with Gasteiger partial charge in [-0.2, -0.15) is 0 Å². The van der Waals surface area contributed by atoms with Crippen LogP contribution < -0.4 is 5.32 Å². The predicted octanol–water partition coefficient (Wildman–Crippen LogP) is 3.39. The lowest BCUT2D eigenvalue weighted by Crippen LogP contribution is -2.29. The fourth-order valence-electron chi connectivity index (χ4n) is 3.19. The summed E-state index contributed by atoms with van der Waals surface area (Å²) in [6, 6.07) is 4.95. The molecule has 19 heavy (non-hydrogen) atoms. The van der Waals surface area contributed by atoms with Crippen molar-refractivity contribution in [1.29, 1.82) is 0 Å². The number of aromatic nitrogens is 2. The van der Waals surface area contributed by atoms with Gasteiger partial charge >= 0.3 is 0 Å². The molecule has 2 aromatic rings. The molecule has 0 bridgehead atoms. The van der Waals surface area contributed by atoms with Gasteiger partial charge in [-0.15, -0.1) is 11.3 Å². The third-order valence-corrected chi connectivity index (χ3v) is 5.09. The topological polar surface area (TPSA) is 29.9 Å². The van der Waals surface area contributed by atoms with Gasteiger partial charge in [0.1, 0.15) is 5.82 Å². The lowest BCUT2D eigenvalue weighted by Gasteiger charge is -2.19. The largest absolute Gasteiger partial charge is 0.330 e. The van der Waals surface area contributed by atoms with Crippen molar-refractivity contribution < 1.29 is 0 Å². The molecule has 4 heteroatoms. The Morgan fingerprint density at radius 2 is 2.42 bits per heavy atom. The zero-order valence-electron chi connectivity index (χ0n) is 11.4. The van der Waals surface area contributed by atoms with Crippen molar-refractivity contribution in [3.63, 3.8) is 0 Å². The molecule has 3 nitrogen and oxygen atoms in total. The van der Waals surface area contributed by atoms with Gasteiger partial charge in [0, 0.05) is 25.0 Å². The Bertz CT molecular complexity index is 503. The fraction of sp³-hybridized carbons (Fsp3) is 0.533. The zero-order chi connectivity index (χ0) is 13.1. The normalized spacial score (nSPS) is 23.0. The highest BCUT2D eigenvalue weighted by Crippen LogP contribution is 2.29. The Morgan fingerprint density at radius 1 is 1.47 bits per heavy atom. The minimum Gasteiger partial charge on any atom is -0.330 e. The number of nitrogens with zero attached hydrogens (tertiary/aromatic N) is 2. The van der Waals surface area contributed by atoms with Crippen LogP contribution in [0.5, 0.6) is 0 Å². The molecule has 0 aliphatic heterocycles. The molecule has 1 N–H and O–H groups in total. The van der Waals surface area contributed by atoms with Crippen molar-refractivity contribution in [3.05, 3.63) is 29.9 Å². The van der Waals surface area contributed by atoms with Crippen LogP contribution in [0.2, 0.25) is 0 Å². The third kappa shape index (κ3) is 2.74. The molecule has 2 aromatic heterocycles. The Labute approximate surface area is 118 Å². The van der Waals surface area contributed by atoms with Gasteiger partial charge in [-0.3, -0.25) is 0 Å². The number of hydrogen-bond donors (Lipinski definition) is 1. The molecule has 0 saturated heterocycles. The zero-order valence-corrected chi connectivity index (χ0v) is 12.2. The monoisotopic (exact) mass is 275 g/mol. The smallest absolute Gasteiger partial charge is 0.149 e. The van der Waals surface area contributed by atoms with Crippen molar-refractivity contribution in [2.45, 2.75) is 38.3 Å². The average molecular weight is 275 g/mol. The third-order valence-electron chi connectivity index (χ3n) is 4.23. The summed E-state index contributed by atoms with van der Waals surface area (Å²) in [7, 11) is 2.09. The van der Waals surface area contributed by atoms with E-state index in [1.54, 1.807) is 11.3 Å². The maximum atomic E-state index is 4.50. The number of nitrogens with one attached hydrogen (secondary N) is 1. The Balaban J connectivity index is 1.66. The van der Waals surface area contributed by atoms with Crippen LogP contribution in [0.15, 0.2) is 29.9 Å². The minimum absolute atomic E-state index is 0.716. The first kappa shape index (κ1) is 12.9. The van der Waals surface area contributed by atoms with Gasteiger partial charge in [-0.25, -0.2) is 4.98 Å². The SMILES string of the molecule is CNC1CCCC1CCn1ccnc1-c1cccs1. The molecular formula is C15H21N3S. The predicted molar refractivity (Wildman–Crippen MR) is 80.3 cm³/mol. The average Bonchev–Trinajstić information content (AvgIpc) is 3.16. The van der Waals surface area contributed by atoms with Gasteiger partial charge in [0.05, 0.1) is 4.88 Å². The maximum absolute atomic E-state index is 4.50. The van der Waals surface area contributed by atoms with Crippen molar-refractivity contribution >= 4 is 11.3 Å². The van der Waals surface area contributed by atoms with Crippen LogP contribution in [-0.2, 0) is 6.54 Å². The van der Waals surface area contributed by atoms with Crippen LogP contribution in [0.3, 0.4) is 0 Å². The second-order valence-corrected chi connectivity index (χ2v) is 6.24. The summed E-state index contributed by atoms with van der Waals surface area (Å²) in [5.74, 6) is 1.94. The van der Waals surface area contributed by atoms with E-state index in [2.05, 4.69) is 45.6 Å². The van der Waals surface area contributed by atoms with Gasteiger partial charge in [0.15, 0.2) is 0 Å². The van der Waals surface area contributed by atoms with Crippen molar-refractivity contribution in [2.24, 2.45) is 5.92 Å². The summed E-state index contributed by atoms with van der Waals surface area (Å²) in [5, 5.41) is 5.58. The lowest BCUT2D eigenvalue weighted by molar-refractivity contribution is 0.379. The first-order valence-electron chi connectivity index (χ1n) is 7.11. The van der Waals surface area contributed by atoms with Gasteiger partial charge in [0.2, 0.25) is 0 Å². The molecule has 1 saturated carbocycles. The van der Waals surface area contributed by atoms with Crippen LogP contribution in [-0.4, -0.2) is 22.6 Å². The molecule has 2 atom stereocenters. The summed E-state index contributed by atoms with van der Waals surface area (Å²) in [6.07, 6.45) is 9.35. The molecule has 0 amide bonds. The van der Waals surface area contributed by atoms with Crippen LogP contribution in [0.25, 0.3) is 10.7 Å². The molecule has 0 aromatic carbocycles. The molecular weight excluding hydrogens is 254 g/mol. The molecule has 2 unspecified atom stereocenters. The number of aryl methyl sites for hydroxylation is 1. The molecule has 3 rings (SSSR count). The van der Waals surface area contributed by atoms with Crippen molar-refractivity contribution in [1.82, 2.24) is 14.9 Å². The maximum Gasteiger partial charge on any atom is 0.149 e. The van der Waals surface area contributed by atoms with E-state index in [0.29, 0.717) is 6.04 Å². The molecule has 0 spiro atoms. The minimum atomic E-state index is 0.716. The van der Waals surface area contributed by atoms with Crippen LogP contribution in [0.1, 0.15) is 25.7 Å². The standard InChI is InChI=1S/C15H21N3S/c1-16-13-5-2-4-12(13)7-9-18-10-8-17-15(18)14-6-3-11-19-14/h3,6,8,10-13,16H,2,4-5,7,9H2,1H3. The van der Waals surface area contributed by atoms with Crippen molar-refractivity contribution in [2.75, 3.05) is 7.05 Å². The molecule has 0 radical (unpaired) electrons. The molecule has 1 aliphatic carbocycles. The molecule has 1 aliphatic rings. The molecule has 102 valence electrons. The van der Waals surface area contributed by atoms with E-state index >= 15 is 0 Å². The fourth-order valence-corrected chi connectivity index (χ4v) is 3.92. The molecule has 1 fully saturated rings. The van der Waals surface area contributed by atoms with E-state index < -0.39 is 0 Å². The summed E-state index contributed by atoms with van der Waals surface area (Å²) < 4.78 is 2.30. The summed E-state index contributed by atoms with van der Waals surface area (Å²) in [4.78, 5) is 5.77. The highest BCUT2D eigenvalue weighted by Gasteiger charge is 2.25. The first-order valence-corrected chi connectivity index (χ1v) is 7.98. The number of imidazole rings is 1. The Kier molecular flexibility index (Phi) is 3.99. The molecule has 2 heterocycles. The van der Waals surface area contributed by atoms with Crippen LogP contribution in [0, 0.1) is 5.92 Å². The van der Waals surface area contributed by atoms with E-state index in [1.807, 2.05) is 6.20 Å². The van der Waals surface area contributed by atoms with E-state index in [4.69, 9.17) is 0 Å². The first-order chi connectivity index (χ1) is 9.38. The van der Waals surface area contributed by atoms with E-state index in [1.165, 1.54) is 30.6 Å². The van der Waals surface area contributed by atoms with Gasteiger partial charge in [0.25, 0.3) is 0 Å². The summed E-state index contributed by atoms with van der Waals surface area (Å²) >= 11 is 1.76. The second-order valence-electron chi connectivity index (χ2n) is 5.30. The van der Waals surface area contributed by atoms with Crippen LogP contribution in [0.4, 0.5) is 0 Å². The van der Waals surface area contributed by atoms with Gasteiger partial charge in [-0.1, -0.05) is 12.5 Å². The van der Waals surface area contributed by atoms with Crippen molar-refractivity contribution in [3.8, 4) is 10.7 Å². The highest BCUT2D eigenvalue weighted by molar-refractivity contribution is 7.13. The number of thiophene rings is 1. The Hall–Kier alpha value is -1.13. The van der Waals surface area contributed by atoms with E-state index in [0.717, 1.165) is 18.3 Å². The summed E-state index contributed by atoms with van der Waals surface area (Å²) in [5.41, 5.74) is 0. The Morgan fingerprint density at radius 3 is 3.21 bits per heavy atom. The van der Waals surface area contributed by atoms with Crippen LogP contribution >= 0.6 is 11.3 Å². The second kappa shape index (κ2) is 5.88. The number of rotatable bonds is 5. The van der Waals surface area contributed by atoms with Gasteiger partial charge < -0.3 is 9.88 Å². The van der Waals surface area contributed by atoms with Gasteiger partial charge in [-0.05, 0) is 43.7 Å². The quantitative estimate of drug-likeness (QED) is 0.906. The van der Waals surface area contributed by atoms with E-state index in [-0.39, 0.29) is 0 Å². The van der Waals surface area contributed by atoms with E-state index in [9.17, 15) is 0 Å². The highest BCUT2D eigenvalue weighted by atomic mass is 32.1.